The van der Waals surface area contributed by atoms with Crippen LogP contribution in [-0.4, -0.2) is 33.7 Å². The van der Waals surface area contributed by atoms with Gasteiger partial charge in [0.25, 0.3) is 0 Å². The van der Waals surface area contributed by atoms with E-state index in [4.69, 9.17) is 11.6 Å². The maximum Gasteiger partial charge on any atom is 0.232 e. The monoisotopic (exact) mass is 486 g/mol. The Bertz CT molecular complexity index is 907. The summed E-state index contributed by atoms with van der Waals surface area (Å²) in [5.41, 5.74) is 1.65. The predicted octanol–water partition coefficient (Wildman–Crippen LogP) is 4.57. The van der Waals surface area contributed by atoms with Crippen molar-refractivity contribution in [1.82, 2.24) is 5.32 Å². The molecule has 0 saturated carbocycles. The maximum atomic E-state index is 12.1. The average Bonchev–Trinajstić information content (AvgIpc) is 2.65. The Labute approximate surface area is 180 Å². The Morgan fingerprint density at radius 2 is 1.89 bits per heavy atom. The highest BCUT2D eigenvalue weighted by Crippen LogP contribution is 2.28. The van der Waals surface area contributed by atoms with E-state index in [-0.39, 0.29) is 24.8 Å². The molecule has 8 heteroatoms. The van der Waals surface area contributed by atoms with E-state index in [1.54, 1.807) is 18.2 Å². The number of halogens is 2. The van der Waals surface area contributed by atoms with Crippen LogP contribution in [0.1, 0.15) is 31.2 Å². The zero-order valence-corrected chi connectivity index (χ0v) is 19.0. The minimum Gasteiger partial charge on any atom is -0.356 e. The van der Waals surface area contributed by atoms with Gasteiger partial charge in [-0.3, -0.25) is 9.10 Å². The third-order valence-electron chi connectivity index (χ3n) is 4.33. The summed E-state index contributed by atoms with van der Waals surface area (Å²) in [6, 6.07) is 14.9. The number of anilines is 1. The molecule has 0 unspecified atom stereocenters. The van der Waals surface area contributed by atoms with Crippen molar-refractivity contribution in [2.45, 2.75) is 25.7 Å². The minimum atomic E-state index is -3.48. The minimum absolute atomic E-state index is 0.0925. The molecule has 1 atom stereocenters. The third kappa shape index (κ3) is 6.79. The van der Waals surface area contributed by atoms with Crippen LogP contribution in [-0.2, 0) is 14.8 Å². The largest absolute Gasteiger partial charge is 0.356 e. The van der Waals surface area contributed by atoms with E-state index in [9.17, 15) is 13.2 Å². The highest BCUT2D eigenvalue weighted by molar-refractivity contribution is 9.10. The number of benzene rings is 2. The van der Waals surface area contributed by atoms with Crippen LogP contribution in [0.3, 0.4) is 0 Å². The first-order valence-electron chi connectivity index (χ1n) is 8.93. The number of sulfonamides is 1. The second kappa shape index (κ2) is 10.3. The summed E-state index contributed by atoms with van der Waals surface area (Å²) in [5.74, 6) is 0.118. The summed E-state index contributed by atoms with van der Waals surface area (Å²) in [6.07, 6.45) is 1.80. The van der Waals surface area contributed by atoms with Gasteiger partial charge in [0, 0.05) is 24.0 Å². The average molecular weight is 488 g/mol. The molecule has 0 fully saturated rings. The maximum absolute atomic E-state index is 12.1. The lowest BCUT2D eigenvalue weighted by molar-refractivity contribution is -0.121. The van der Waals surface area contributed by atoms with Crippen molar-refractivity contribution >= 4 is 49.1 Å². The molecule has 0 radical (unpaired) electrons. The van der Waals surface area contributed by atoms with Gasteiger partial charge in [-0.15, -0.1) is 0 Å². The molecule has 2 aromatic rings. The summed E-state index contributed by atoms with van der Waals surface area (Å²) in [5, 5.41) is 3.34. The number of nitrogens with zero attached hydrogens (tertiary/aromatic N) is 1. The number of carbonyl (C=O) groups is 1. The van der Waals surface area contributed by atoms with Crippen LogP contribution in [0.5, 0.6) is 0 Å². The normalized spacial score (nSPS) is 12.4. The van der Waals surface area contributed by atoms with E-state index in [0.29, 0.717) is 28.1 Å². The number of amides is 1. The Morgan fingerprint density at radius 3 is 2.50 bits per heavy atom. The van der Waals surface area contributed by atoms with Gasteiger partial charge in [-0.05, 0) is 52.0 Å². The van der Waals surface area contributed by atoms with Crippen LogP contribution >= 0.6 is 27.5 Å². The quantitative estimate of drug-likeness (QED) is 0.563. The summed E-state index contributed by atoms with van der Waals surface area (Å²) in [7, 11) is -3.48. The van der Waals surface area contributed by atoms with E-state index in [1.165, 1.54) is 4.31 Å². The van der Waals surface area contributed by atoms with E-state index < -0.39 is 10.0 Å². The van der Waals surface area contributed by atoms with E-state index in [2.05, 4.69) is 28.2 Å². The van der Waals surface area contributed by atoms with Crippen molar-refractivity contribution in [1.29, 1.82) is 0 Å². The molecule has 5 nitrogen and oxygen atoms in total. The predicted molar refractivity (Wildman–Crippen MR) is 118 cm³/mol. The molecule has 1 N–H and O–H groups in total. The Kier molecular flexibility index (Phi) is 8.34. The van der Waals surface area contributed by atoms with Crippen molar-refractivity contribution in [2.75, 3.05) is 23.7 Å². The smallest absolute Gasteiger partial charge is 0.232 e. The van der Waals surface area contributed by atoms with Crippen molar-refractivity contribution < 1.29 is 13.2 Å². The van der Waals surface area contributed by atoms with Crippen LogP contribution in [0.2, 0.25) is 5.02 Å². The summed E-state index contributed by atoms with van der Waals surface area (Å²) in [6.45, 7) is 2.80. The molecule has 0 heterocycles. The number of rotatable bonds is 9. The van der Waals surface area contributed by atoms with Crippen molar-refractivity contribution in [3.8, 4) is 0 Å². The number of nitrogens with one attached hydrogen (secondary N) is 1. The van der Waals surface area contributed by atoms with Gasteiger partial charge in [0.05, 0.1) is 17.0 Å². The zero-order valence-electron chi connectivity index (χ0n) is 15.9. The molecule has 1 amide bonds. The van der Waals surface area contributed by atoms with E-state index in [0.717, 1.165) is 11.8 Å². The molecule has 0 aliphatic rings. The molecule has 0 saturated heterocycles. The molecule has 28 heavy (non-hydrogen) atoms. The standard InChI is InChI=1S/C20H24BrClN2O3S/c1-15(16-7-4-3-5-8-16)14-23-20(25)9-6-12-24(28(2,26)27)17-10-11-18(21)19(22)13-17/h3-5,7-8,10-11,13,15H,6,9,12,14H2,1-2H3,(H,23,25)/t15-/m1/s1. The number of hydrogen-bond donors (Lipinski definition) is 1. The van der Waals surface area contributed by atoms with E-state index in [1.807, 2.05) is 30.3 Å². The second-order valence-electron chi connectivity index (χ2n) is 6.65. The van der Waals surface area contributed by atoms with E-state index >= 15 is 0 Å². The molecule has 0 aromatic heterocycles. The van der Waals surface area contributed by atoms with Gasteiger partial charge in [0.1, 0.15) is 0 Å². The van der Waals surface area contributed by atoms with Crippen molar-refractivity contribution in [3.63, 3.8) is 0 Å². The SMILES string of the molecule is C[C@H](CNC(=O)CCCN(c1ccc(Br)c(Cl)c1)S(C)(=O)=O)c1ccccc1. The van der Waals surface area contributed by atoms with Gasteiger partial charge >= 0.3 is 0 Å². The molecular formula is C20H24BrClN2O3S. The second-order valence-corrected chi connectivity index (χ2v) is 9.82. The van der Waals surface area contributed by atoms with Crippen LogP contribution < -0.4 is 9.62 Å². The Hall–Kier alpha value is -1.57. The van der Waals surface area contributed by atoms with Crippen LogP contribution in [0.15, 0.2) is 53.0 Å². The van der Waals surface area contributed by atoms with Gasteiger partial charge in [-0.1, -0.05) is 48.9 Å². The molecular weight excluding hydrogens is 464 g/mol. The van der Waals surface area contributed by atoms with Crippen LogP contribution in [0, 0.1) is 0 Å². The zero-order chi connectivity index (χ0) is 20.7. The highest BCUT2D eigenvalue weighted by atomic mass is 79.9. The summed E-state index contributed by atoms with van der Waals surface area (Å²) < 4.78 is 26.3. The first-order valence-corrected chi connectivity index (χ1v) is 11.9. The number of hydrogen-bond acceptors (Lipinski definition) is 3. The molecule has 0 spiro atoms. The molecule has 152 valence electrons. The molecule has 0 aliphatic carbocycles. The third-order valence-corrected chi connectivity index (χ3v) is 6.76. The van der Waals surface area contributed by atoms with Gasteiger partial charge in [-0.2, -0.15) is 0 Å². The Morgan fingerprint density at radius 1 is 1.21 bits per heavy atom. The van der Waals surface area contributed by atoms with Crippen molar-refractivity contribution in [3.05, 3.63) is 63.6 Å². The lowest BCUT2D eigenvalue weighted by Gasteiger charge is -2.22. The first kappa shape index (κ1) is 22.7. The first-order chi connectivity index (χ1) is 13.2. The lowest BCUT2D eigenvalue weighted by Crippen LogP contribution is -2.32. The van der Waals surface area contributed by atoms with Crippen LogP contribution in [0.25, 0.3) is 0 Å². The highest BCUT2D eigenvalue weighted by Gasteiger charge is 2.18. The Balaban J connectivity index is 1.88. The van der Waals surface area contributed by atoms with Gasteiger partial charge in [0.15, 0.2) is 0 Å². The van der Waals surface area contributed by atoms with Crippen molar-refractivity contribution in [2.24, 2.45) is 0 Å². The lowest BCUT2D eigenvalue weighted by atomic mass is 10.0. The fraction of sp³-hybridized carbons (Fsp3) is 0.350. The van der Waals surface area contributed by atoms with Crippen LogP contribution in [0.4, 0.5) is 5.69 Å². The van der Waals surface area contributed by atoms with Gasteiger partial charge in [-0.25, -0.2) is 8.42 Å². The topological polar surface area (TPSA) is 66.5 Å². The number of carbonyl (C=O) groups excluding carboxylic acids is 1. The van der Waals surface area contributed by atoms with Gasteiger partial charge < -0.3 is 5.32 Å². The fourth-order valence-electron chi connectivity index (χ4n) is 2.76. The fourth-order valence-corrected chi connectivity index (χ4v) is 4.14. The summed E-state index contributed by atoms with van der Waals surface area (Å²) >= 11 is 9.37. The van der Waals surface area contributed by atoms with Gasteiger partial charge in [0.2, 0.25) is 15.9 Å². The molecule has 2 rings (SSSR count). The molecule has 0 bridgehead atoms. The molecule has 0 aliphatic heterocycles. The molecule has 2 aromatic carbocycles. The summed E-state index contributed by atoms with van der Waals surface area (Å²) in [4.78, 5) is 12.1.